The van der Waals surface area contributed by atoms with Crippen molar-refractivity contribution < 1.29 is 9.53 Å². The largest absolute Gasteiger partial charge is 0.464 e. The van der Waals surface area contributed by atoms with Gasteiger partial charge < -0.3 is 10.1 Å². The third-order valence-corrected chi connectivity index (χ3v) is 2.94. The standard InChI is InChI=1S/C15H21N3O2/c1-3-9-16-15-17-12-7-5-6-8-13(12)18(15)11-14(19)20-10-4-2/h5-8H,3-4,9-11H2,1-2H3,(H,16,17). The van der Waals surface area contributed by atoms with E-state index in [4.69, 9.17) is 4.74 Å². The summed E-state index contributed by atoms with van der Waals surface area (Å²) in [6.07, 6.45) is 1.83. The van der Waals surface area contributed by atoms with Crippen LogP contribution < -0.4 is 5.32 Å². The molecule has 1 heterocycles. The van der Waals surface area contributed by atoms with E-state index < -0.39 is 0 Å². The Balaban J connectivity index is 2.25. The molecule has 5 nitrogen and oxygen atoms in total. The molecular formula is C15H21N3O2. The molecule has 0 saturated carbocycles. The number of carbonyl (C=O) groups excluding carboxylic acids is 1. The maximum absolute atomic E-state index is 11.8. The SMILES string of the molecule is CCCNc1nc2ccccc2n1CC(=O)OCCC. The molecule has 0 fully saturated rings. The Hall–Kier alpha value is -2.04. The zero-order chi connectivity index (χ0) is 14.4. The molecule has 0 saturated heterocycles. The van der Waals surface area contributed by atoms with Gasteiger partial charge in [-0.25, -0.2) is 4.98 Å². The van der Waals surface area contributed by atoms with Gasteiger partial charge in [-0.3, -0.25) is 9.36 Å². The Labute approximate surface area is 118 Å². The van der Waals surface area contributed by atoms with E-state index in [0.717, 1.165) is 36.4 Å². The van der Waals surface area contributed by atoms with Gasteiger partial charge in [0.05, 0.1) is 17.6 Å². The Morgan fingerprint density at radius 3 is 2.85 bits per heavy atom. The first-order valence-corrected chi connectivity index (χ1v) is 7.11. The number of benzene rings is 1. The average molecular weight is 275 g/mol. The molecule has 1 N–H and O–H groups in total. The van der Waals surface area contributed by atoms with Crippen molar-refractivity contribution in [2.24, 2.45) is 0 Å². The van der Waals surface area contributed by atoms with Crippen LogP contribution in [-0.2, 0) is 16.1 Å². The number of hydrogen-bond acceptors (Lipinski definition) is 4. The first-order valence-electron chi connectivity index (χ1n) is 7.11. The van der Waals surface area contributed by atoms with E-state index in [0.29, 0.717) is 6.61 Å². The number of hydrogen-bond donors (Lipinski definition) is 1. The number of anilines is 1. The monoisotopic (exact) mass is 275 g/mol. The zero-order valence-corrected chi connectivity index (χ0v) is 12.1. The van der Waals surface area contributed by atoms with E-state index in [9.17, 15) is 4.79 Å². The van der Waals surface area contributed by atoms with Crippen LogP contribution in [0.1, 0.15) is 26.7 Å². The van der Waals surface area contributed by atoms with Crippen molar-refractivity contribution in [2.45, 2.75) is 33.2 Å². The lowest BCUT2D eigenvalue weighted by Crippen LogP contribution is -2.16. The lowest BCUT2D eigenvalue weighted by Gasteiger charge is -2.10. The molecule has 2 rings (SSSR count). The first-order chi connectivity index (χ1) is 9.76. The highest BCUT2D eigenvalue weighted by Crippen LogP contribution is 2.19. The van der Waals surface area contributed by atoms with Crippen molar-refractivity contribution in [1.82, 2.24) is 9.55 Å². The summed E-state index contributed by atoms with van der Waals surface area (Å²) < 4.78 is 7.04. The molecule has 0 aliphatic rings. The molecule has 1 aromatic heterocycles. The number of nitrogens with one attached hydrogen (secondary N) is 1. The number of esters is 1. The van der Waals surface area contributed by atoms with Crippen molar-refractivity contribution in [2.75, 3.05) is 18.5 Å². The molecule has 1 aromatic carbocycles. The van der Waals surface area contributed by atoms with E-state index in [-0.39, 0.29) is 12.5 Å². The molecule has 2 aromatic rings. The highest BCUT2D eigenvalue weighted by molar-refractivity contribution is 5.81. The number of fused-ring (bicyclic) bond motifs is 1. The van der Waals surface area contributed by atoms with Crippen molar-refractivity contribution >= 4 is 23.0 Å². The molecule has 0 radical (unpaired) electrons. The summed E-state index contributed by atoms with van der Waals surface area (Å²) in [5.41, 5.74) is 1.83. The number of rotatable bonds is 7. The summed E-state index contributed by atoms with van der Waals surface area (Å²) in [7, 11) is 0. The predicted molar refractivity (Wildman–Crippen MR) is 79.8 cm³/mol. The molecule has 0 aliphatic carbocycles. The molecule has 108 valence electrons. The van der Waals surface area contributed by atoms with Crippen LogP contribution in [-0.4, -0.2) is 28.7 Å². The van der Waals surface area contributed by atoms with Crippen molar-refractivity contribution in [3.8, 4) is 0 Å². The Kier molecular flexibility index (Phi) is 4.98. The number of nitrogens with zero attached hydrogens (tertiary/aromatic N) is 2. The molecule has 0 spiro atoms. The van der Waals surface area contributed by atoms with Crippen LogP contribution in [0.25, 0.3) is 11.0 Å². The Bertz CT molecular complexity index is 578. The van der Waals surface area contributed by atoms with Crippen LogP contribution in [0.15, 0.2) is 24.3 Å². The highest BCUT2D eigenvalue weighted by Gasteiger charge is 2.13. The fourth-order valence-electron chi connectivity index (χ4n) is 2.00. The number of ether oxygens (including phenoxy) is 1. The van der Waals surface area contributed by atoms with Crippen LogP contribution >= 0.6 is 0 Å². The van der Waals surface area contributed by atoms with E-state index >= 15 is 0 Å². The average Bonchev–Trinajstić information content (AvgIpc) is 2.81. The molecule has 20 heavy (non-hydrogen) atoms. The Morgan fingerprint density at radius 2 is 2.10 bits per heavy atom. The topological polar surface area (TPSA) is 56.2 Å². The van der Waals surface area contributed by atoms with Gasteiger partial charge in [0.2, 0.25) is 5.95 Å². The zero-order valence-electron chi connectivity index (χ0n) is 12.1. The third-order valence-electron chi connectivity index (χ3n) is 2.94. The maximum atomic E-state index is 11.8. The minimum Gasteiger partial charge on any atom is -0.464 e. The first kappa shape index (κ1) is 14.4. The highest BCUT2D eigenvalue weighted by atomic mass is 16.5. The minimum atomic E-state index is -0.227. The van der Waals surface area contributed by atoms with Gasteiger partial charge in [-0.05, 0) is 25.0 Å². The van der Waals surface area contributed by atoms with Gasteiger partial charge >= 0.3 is 5.97 Å². The van der Waals surface area contributed by atoms with Crippen LogP contribution in [0.2, 0.25) is 0 Å². The Morgan fingerprint density at radius 1 is 1.30 bits per heavy atom. The molecular weight excluding hydrogens is 254 g/mol. The molecule has 0 atom stereocenters. The van der Waals surface area contributed by atoms with Gasteiger partial charge in [0.15, 0.2) is 0 Å². The maximum Gasteiger partial charge on any atom is 0.326 e. The van der Waals surface area contributed by atoms with Crippen LogP contribution in [0, 0.1) is 0 Å². The number of carbonyl (C=O) groups is 1. The van der Waals surface area contributed by atoms with Gasteiger partial charge in [-0.1, -0.05) is 26.0 Å². The number of para-hydroxylation sites is 2. The van der Waals surface area contributed by atoms with E-state index in [2.05, 4.69) is 17.2 Å². The minimum absolute atomic E-state index is 0.187. The van der Waals surface area contributed by atoms with E-state index in [1.165, 1.54) is 0 Å². The number of aromatic nitrogens is 2. The molecule has 0 bridgehead atoms. The lowest BCUT2D eigenvalue weighted by atomic mass is 10.3. The van der Waals surface area contributed by atoms with Gasteiger partial charge in [-0.15, -0.1) is 0 Å². The molecule has 5 heteroatoms. The van der Waals surface area contributed by atoms with Gasteiger partial charge in [0, 0.05) is 6.54 Å². The summed E-state index contributed by atoms with van der Waals surface area (Å²) >= 11 is 0. The third kappa shape index (κ3) is 3.29. The normalized spacial score (nSPS) is 10.7. The lowest BCUT2D eigenvalue weighted by molar-refractivity contribution is -0.144. The van der Waals surface area contributed by atoms with Crippen molar-refractivity contribution in [3.05, 3.63) is 24.3 Å². The van der Waals surface area contributed by atoms with Crippen molar-refractivity contribution in [1.29, 1.82) is 0 Å². The molecule has 0 aliphatic heterocycles. The number of imidazole rings is 1. The second-order valence-electron chi connectivity index (χ2n) is 4.66. The van der Waals surface area contributed by atoms with E-state index in [1.54, 1.807) is 0 Å². The molecule has 0 unspecified atom stereocenters. The summed E-state index contributed by atoms with van der Waals surface area (Å²) in [5, 5.41) is 3.26. The second-order valence-corrected chi connectivity index (χ2v) is 4.66. The van der Waals surface area contributed by atoms with Crippen LogP contribution in [0.5, 0.6) is 0 Å². The summed E-state index contributed by atoms with van der Waals surface area (Å²) in [4.78, 5) is 16.4. The van der Waals surface area contributed by atoms with Crippen LogP contribution in [0.3, 0.4) is 0 Å². The van der Waals surface area contributed by atoms with Gasteiger partial charge in [0.1, 0.15) is 6.54 Å². The fourth-order valence-corrected chi connectivity index (χ4v) is 2.00. The summed E-state index contributed by atoms with van der Waals surface area (Å²) in [5.74, 6) is 0.496. The fraction of sp³-hybridized carbons (Fsp3) is 0.467. The van der Waals surface area contributed by atoms with Crippen LogP contribution in [0.4, 0.5) is 5.95 Å². The van der Waals surface area contributed by atoms with Gasteiger partial charge in [0.25, 0.3) is 0 Å². The smallest absolute Gasteiger partial charge is 0.326 e. The predicted octanol–water partition coefficient (Wildman–Crippen LogP) is 2.81. The molecule has 0 amide bonds. The van der Waals surface area contributed by atoms with Gasteiger partial charge in [-0.2, -0.15) is 0 Å². The second kappa shape index (κ2) is 6.93. The summed E-state index contributed by atoms with van der Waals surface area (Å²) in [6, 6.07) is 7.80. The van der Waals surface area contributed by atoms with E-state index in [1.807, 2.05) is 35.8 Å². The quantitative estimate of drug-likeness (QED) is 0.789. The summed E-state index contributed by atoms with van der Waals surface area (Å²) in [6.45, 7) is 5.55. The van der Waals surface area contributed by atoms with Crippen molar-refractivity contribution in [3.63, 3.8) is 0 Å².